The van der Waals surface area contributed by atoms with E-state index in [4.69, 9.17) is 15.0 Å². The Morgan fingerprint density at radius 2 is 2.18 bits per heavy atom. The fourth-order valence-electron chi connectivity index (χ4n) is 1.68. The van der Waals surface area contributed by atoms with Crippen LogP contribution in [0.3, 0.4) is 0 Å². The zero-order valence-corrected chi connectivity index (χ0v) is 9.31. The van der Waals surface area contributed by atoms with Gasteiger partial charge < -0.3 is 9.15 Å². The lowest BCUT2D eigenvalue weighted by molar-refractivity contribution is 0.385. The molecular weight excluding hydrogens is 223 g/mol. The Kier molecular flexibility index (Phi) is 3.41. The number of rotatable bonds is 4. The molecule has 1 heterocycles. The van der Waals surface area contributed by atoms with Gasteiger partial charge in [0.05, 0.1) is 25.7 Å². The lowest BCUT2D eigenvalue weighted by Crippen LogP contribution is -2.28. The van der Waals surface area contributed by atoms with Crippen LogP contribution in [-0.4, -0.2) is 7.11 Å². The second-order valence-electron chi connectivity index (χ2n) is 3.55. The average Bonchev–Trinajstić information content (AvgIpc) is 2.86. The van der Waals surface area contributed by atoms with Crippen molar-refractivity contribution in [1.29, 1.82) is 0 Å². The maximum absolute atomic E-state index is 13.3. The number of halogens is 1. The van der Waals surface area contributed by atoms with Crippen molar-refractivity contribution in [2.24, 2.45) is 5.84 Å². The van der Waals surface area contributed by atoms with Gasteiger partial charge in [-0.2, -0.15) is 0 Å². The highest BCUT2D eigenvalue weighted by atomic mass is 19.1. The Hall–Kier alpha value is -1.85. The molecule has 5 heteroatoms. The third kappa shape index (κ3) is 2.30. The molecule has 0 radical (unpaired) electrons. The molecule has 0 aliphatic rings. The van der Waals surface area contributed by atoms with E-state index in [9.17, 15) is 4.39 Å². The van der Waals surface area contributed by atoms with Gasteiger partial charge in [-0.3, -0.25) is 5.84 Å². The number of furan rings is 1. The fraction of sp³-hybridized carbons (Fsp3) is 0.167. The fourth-order valence-corrected chi connectivity index (χ4v) is 1.68. The molecule has 4 nitrogen and oxygen atoms in total. The Labute approximate surface area is 98.2 Å². The molecule has 2 rings (SSSR count). The molecular formula is C12H13FN2O2. The van der Waals surface area contributed by atoms with Crippen LogP contribution in [0.25, 0.3) is 0 Å². The molecule has 90 valence electrons. The van der Waals surface area contributed by atoms with Gasteiger partial charge in [0.1, 0.15) is 0 Å². The zero-order valence-electron chi connectivity index (χ0n) is 9.31. The summed E-state index contributed by atoms with van der Waals surface area (Å²) in [4.78, 5) is 0. The first kappa shape index (κ1) is 11.6. The summed E-state index contributed by atoms with van der Waals surface area (Å²) in [6.45, 7) is 0. The maximum Gasteiger partial charge on any atom is 0.165 e. The summed E-state index contributed by atoms with van der Waals surface area (Å²) in [6, 6.07) is 6.13. The van der Waals surface area contributed by atoms with E-state index in [1.807, 2.05) is 0 Å². The van der Waals surface area contributed by atoms with Crippen LogP contribution in [0.15, 0.2) is 41.2 Å². The Bertz CT molecular complexity index is 485. The number of hydrogen-bond acceptors (Lipinski definition) is 4. The molecule has 0 fully saturated rings. The van der Waals surface area contributed by atoms with Gasteiger partial charge in [-0.15, -0.1) is 0 Å². The van der Waals surface area contributed by atoms with Crippen LogP contribution in [0.5, 0.6) is 5.75 Å². The van der Waals surface area contributed by atoms with Gasteiger partial charge in [0.2, 0.25) is 0 Å². The van der Waals surface area contributed by atoms with Crippen LogP contribution in [0.4, 0.5) is 4.39 Å². The summed E-state index contributed by atoms with van der Waals surface area (Å²) >= 11 is 0. The van der Waals surface area contributed by atoms with Crippen molar-refractivity contribution in [1.82, 2.24) is 5.43 Å². The minimum atomic E-state index is -0.404. The molecule has 1 aromatic carbocycles. The highest BCUT2D eigenvalue weighted by molar-refractivity contribution is 5.36. The van der Waals surface area contributed by atoms with Crippen molar-refractivity contribution in [2.75, 3.05) is 7.11 Å². The van der Waals surface area contributed by atoms with Gasteiger partial charge in [-0.1, -0.05) is 6.07 Å². The van der Waals surface area contributed by atoms with Crippen LogP contribution in [0.2, 0.25) is 0 Å². The first-order valence-corrected chi connectivity index (χ1v) is 5.08. The lowest BCUT2D eigenvalue weighted by atomic mass is 10.0. The van der Waals surface area contributed by atoms with Gasteiger partial charge in [0.15, 0.2) is 11.6 Å². The van der Waals surface area contributed by atoms with Crippen LogP contribution in [-0.2, 0) is 0 Å². The topological polar surface area (TPSA) is 60.4 Å². The number of benzene rings is 1. The number of methoxy groups -OCH3 is 1. The molecule has 3 N–H and O–H groups in total. The van der Waals surface area contributed by atoms with E-state index in [2.05, 4.69) is 5.43 Å². The number of nitrogens with one attached hydrogen (secondary N) is 1. The second kappa shape index (κ2) is 4.99. The number of nitrogens with two attached hydrogens (primary N) is 1. The van der Waals surface area contributed by atoms with Crippen molar-refractivity contribution in [3.8, 4) is 5.75 Å². The quantitative estimate of drug-likeness (QED) is 0.629. The predicted molar refractivity (Wildman–Crippen MR) is 60.8 cm³/mol. The highest BCUT2D eigenvalue weighted by Gasteiger charge is 2.15. The van der Waals surface area contributed by atoms with Crippen molar-refractivity contribution in [3.05, 3.63) is 53.7 Å². The van der Waals surface area contributed by atoms with Gasteiger partial charge >= 0.3 is 0 Å². The summed E-state index contributed by atoms with van der Waals surface area (Å²) in [5.41, 5.74) is 4.31. The van der Waals surface area contributed by atoms with E-state index >= 15 is 0 Å². The van der Waals surface area contributed by atoms with Crippen LogP contribution in [0, 0.1) is 5.82 Å². The van der Waals surface area contributed by atoms with E-state index in [0.29, 0.717) is 0 Å². The third-order valence-electron chi connectivity index (χ3n) is 2.55. The molecule has 0 aliphatic carbocycles. The van der Waals surface area contributed by atoms with E-state index in [1.54, 1.807) is 30.7 Å². The first-order valence-electron chi connectivity index (χ1n) is 5.08. The monoisotopic (exact) mass is 236 g/mol. The molecule has 0 spiro atoms. The zero-order chi connectivity index (χ0) is 12.3. The molecule has 0 saturated carbocycles. The lowest BCUT2D eigenvalue weighted by Gasteiger charge is -2.15. The summed E-state index contributed by atoms with van der Waals surface area (Å²) in [7, 11) is 1.42. The van der Waals surface area contributed by atoms with Crippen LogP contribution in [0.1, 0.15) is 17.2 Å². The molecule has 2 aromatic rings. The highest BCUT2D eigenvalue weighted by Crippen LogP contribution is 2.26. The second-order valence-corrected chi connectivity index (χ2v) is 3.55. The normalized spacial score (nSPS) is 12.4. The van der Waals surface area contributed by atoms with Crippen molar-refractivity contribution >= 4 is 0 Å². The smallest absolute Gasteiger partial charge is 0.165 e. The van der Waals surface area contributed by atoms with Crippen molar-refractivity contribution in [3.63, 3.8) is 0 Å². The van der Waals surface area contributed by atoms with Crippen LogP contribution < -0.4 is 16.0 Å². The van der Waals surface area contributed by atoms with Gasteiger partial charge in [-0.25, -0.2) is 9.82 Å². The van der Waals surface area contributed by atoms with Gasteiger partial charge in [0, 0.05) is 5.56 Å². The SMILES string of the molecule is COc1cc(C(NN)c2ccoc2)ccc1F. The molecule has 0 amide bonds. The van der Waals surface area contributed by atoms with E-state index in [1.165, 1.54) is 13.2 Å². The minimum Gasteiger partial charge on any atom is -0.494 e. The Balaban J connectivity index is 2.38. The summed E-state index contributed by atoms with van der Waals surface area (Å²) < 4.78 is 23.2. The van der Waals surface area contributed by atoms with Gasteiger partial charge in [0.25, 0.3) is 0 Å². The minimum absolute atomic E-state index is 0.186. The van der Waals surface area contributed by atoms with Crippen LogP contribution >= 0.6 is 0 Å². The third-order valence-corrected chi connectivity index (χ3v) is 2.55. The summed E-state index contributed by atoms with van der Waals surface area (Å²) in [5.74, 6) is 5.28. The average molecular weight is 236 g/mol. The molecule has 1 unspecified atom stereocenters. The van der Waals surface area contributed by atoms with Crippen molar-refractivity contribution in [2.45, 2.75) is 6.04 Å². The van der Waals surface area contributed by atoms with Crippen molar-refractivity contribution < 1.29 is 13.5 Å². The molecule has 0 aliphatic heterocycles. The maximum atomic E-state index is 13.3. The largest absolute Gasteiger partial charge is 0.494 e. The molecule has 17 heavy (non-hydrogen) atoms. The molecule has 1 atom stereocenters. The molecule has 0 saturated heterocycles. The number of ether oxygens (including phenoxy) is 1. The Morgan fingerprint density at radius 1 is 1.35 bits per heavy atom. The predicted octanol–water partition coefficient (Wildman–Crippen LogP) is 1.98. The molecule has 1 aromatic heterocycles. The summed E-state index contributed by atoms with van der Waals surface area (Å²) in [6.07, 6.45) is 3.14. The number of hydrogen-bond donors (Lipinski definition) is 2. The standard InChI is InChI=1S/C12H13FN2O2/c1-16-11-6-8(2-3-10(11)13)12(15-14)9-4-5-17-7-9/h2-7,12,15H,14H2,1H3. The number of hydrazine groups is 1. The molecule has 0 bridgehead atoms. The Morgan fingerprint density at radius 3 is 2.76 bits per heavy atom. The summed E-state index contributed by atoms with van der Waals surface area (Å²) in [5, 5.41) is 0. The van der Waals surface area contributed by atoms with Gasteiger partial charge in [-0.05, 0) is 23.8 Å². The van der Waals surface area contributed by atoms with E-state index in [-0.39, 0.29) is 11.8 Å². The first-order chi connectivity index (χ1) is 8.26. The van der Waals surface area contributed by atoms with E-state index in [0.717, 1.165) is 11.1 Å². The van der Waals surface area contributed by atoms with E-state index < -0.39 is 5.82 Å².